The molecule has 0 fully saturated rings. The maximum Gasteiger partial charge on any atom is 0.305 e. The second-order valence-electron chi connectivity index (χ2n) is 6.79. The van der Waals surface area contributed by atoms with Crippen LogP contribution in [-0.4, -0.2) is 48.8 Å². The van der Waals surface area contributed by atoms with E-state index in [-0.39, 0.29) is 5.97 Å². The molecule has 0 amide bonds. The van der Waals surface area contributed by atoms with Crippen molar-refractivity contribution in [2.45, 2.75) is 39.8 Å². The van der Waals surface area contributed by atoms with Gasteiger partial charge >= 0.3 is 5.97 Å². The summed E-state index contributed by atoms with van der Waals surface area (Å²) in [6.07, 6.45) is 3.38. The number of nitrogens with zero attached hydrogens (tertiary/aromatic N) is 2. The SMILES string of the molecule is CCOC(=O)CCCN(CCOC)Cc1cccn1Cc1cccc(C)c1. The maximum atomic E-state index is 11.6. The van der Waals surface area contributed by atoms with E-state index in [2.05, 4.69) is 59.0 Å². The Kier molecular flexibility index (Phi) is 9.08. The van der Waals surface area contributed by atoms with E-state index in [0.717, 1.165) is 32.6 Å². The van der Waals surface area contributed by atoms with Gasteiger partial charge in [0.05, 0.1) is 13.2 Å². The lowest BCUT2D eigenvalue weighted by Gasteiger charge is -2.23. The minimum atomic E-state index is -0.119. The molecule has 1 heterocycles. The topological polar surface area (TPSA) is 43.7 Å². The molecule has 2 aromatic rings. The number of benzene rings is 1. The number of aryl methyl sites for hydroxylation is 1. The van der Waals surface area contributed by atoms with Crippen LogP contribution in [0.15, 0.2) is 42.6 Å². The van der Waals surface area contributed by atoms with Crippen molar-refractivity contribution in [2.75, 3.05) is 33.4 Å². The van der Waals surface area contributed by atoms with E-state index in [1.807, 2.05) is 6.92 Å². The summed E-state index contributed by atoms with van der Waals surface area (Å²) in [7, 11) is 1.72. The first-order valence-corrected chi connectivity index (χ1v) is 9.69. The zero-order valence-corrected chi connectivity index (χ0v) is 16.8. The Hall–Kier alpha value is -2.11. The van der Waals surface area contributed by atoms with Crippen LogP contribution in [0.25, 0.3) is 0 Å². The highest BCUT2D eigenvalue weighted by molar-refractivity contribution is 5.69. The lowest BCUT2D eigenvalue weighted by molar-refractivity contribution is -0.143. The molecule has 1 aromatic heterocycles. The highest BCUT2D eigenvalue weighted by atomic mass is 16.5. The fourth-order valence-electron chi connectivity index (χ4n) is 3.15. The van der Waals surface area contributed by atoms with Gasteiger partial charge < -0.3 is 14.0 Å². The fraction of sp³-hybridized carbons (Fsp3) is 0.500. The number of aromatic nitrogens is 1. The molecular formula is C22H32N2O3. The highest BCUT2D eigenvalue weighted by Crippen LogP contribution is 2.12. The van der Waals surface area contributed by atoms with Crippen molar-refractivity contribution in [3.05, 3.63) is 59.4 Å². The van der Waals surface area contributed by atoms with Gasteiger partial charge in [0.25, 0.3) is 0 Å². The van der Waals surface area contributed by atoms with E-state index in [1.54, 1.807) is 7.11 Å². The number of methoxy groups -OCH3 is 1. The Balaban J connectivity index is 1.96. The van der Waals surface area contributed by atoms with E-state index < -0.39 is 0 Å². The van der Waals surface area contributed by atoms with Gasteiger partial charge in [-0.25, -0.2) is 0 Å². The molecule has 5 heteroatoms. The Morgan fingerprint density at radius 3 is 2.78 bits per heavy atom. The van der Waals surface area contributed by atoms with Crippen molar-refractivity contribution in [3.63, 3.8) is 0 Å². The third kappa shape index (κ3) is 7.57. The van der Waals surface area contributed by atoms with Crippen molar-refractivity contribution in [1.82, 2.24) is 9.47 Å². The molecule has 2 rings (SSSR count). The minimum absolute atomic E-state index is 0.119. The van der Waals surface area contributed by atoms with Crippen LogP contribution in [0.3, 0.4) is 0 Å². The summed E-state index contributed by atoms with van der Waals surface area (Å²) >= 11 is 0. The molecule has 1 aromatic carbocycles. The second-order valence-corrected chi connectivity index (χ2v) is 6.79. The molecule has 0 radical (unpaired) electrons. The number of esters is 1. The van der Waals surface area contributed by atoms with E-state index in [1.165, 1.54) is 16.8 Å². The summed E-state index contributed by atoms with van der Waals surface area (Å²) in [5, 5.41) is 0. The molecule has 0 aliphatic rings. The first kappa shape index (κ1) is 21.2. The first-order chi connectivity index (χ1) is 13.1. The van der Waals surface area contributed by atoms with Crippen LogP contribution in [0.5, 0.6) is 0 Å². The smallest absolute Gasteiger partial charge is 0.305 e. The lowest BCUT2D eigenvalue weighted by atomic mass is 10.1. The van der Waals surface area contributed by atoms with E-state index in [4.69, 9.17) is 9.47 Å². The fourth-order valence-corrected chi connectivity index (χ4v) is 3.15. The number of ether oxygens (including phenoxy) is 2. The zero-order chi connectivity index (χ0) is 19.5. The molecule has 0 unspecified atom stereocenters. The molecule has 27 heavy (non-hydrogen) atoms. The van der Waals surface area contributed by atoms with Gasteiger partial charge in [-0.15, -0.1) is 0 Å². The summed E-state index contributed by atoms with van der Waals surface area (Å²) in [6, 6.07) is 12.9. The van der Waals surface area contributed by atoms with Crippen LogP contribution in [0.2, 0.25) is 0 Å². The predicted octanol–water partition coefficient (Wildman–Crippen LogP) is 3.64. The van der Waals surface area contributed by atoms with Crippen LogP contribution in [0.4, 0.5) is 0 Å². The van der Waals surface area contributed by atoms with Gasteiger partial charge in [0, 0.05) is 45.1 Å². The average molecular weight is 373 g/mol. The molecule has 0 bridgehead atoms. The van der Waals surface area contributed by atoms with E-state index in [0.29, 0.717) is 19.6 Å². The lowest BCUT2D eigenvalue weighted by Crippen LogP contribution is -2.29. The van der Waals surface area contributed by atoms with E-state index in [9.17, 15) is 4.79 Å². The van der Waals surface area contributed by atoms with Crippen molar-refractivity contribution >= 4 is 5.97 Å². The van der Waals surface area contributed by atoms with Crippen molar-refractivity contribution in [2.24, 2.45) is 0 Å². The minimum Gasteiger partial charge on any atom is -0.466 e. The van der Waals surface area contributed by atoms with Crippen LogP contribution in [0, 0.1) is 6.92 Å². The monoisotopic (exact) mass is 372 g/mol. The highest BCUT2D eigenvalue weighted by Gasteiger charge is 2.11. The largest absolute Gasteiger partial charge is 0.466 e. The number of rotatable bonds is 12. The molecular weight excluding hydrogens is 340 g/mol. The molecule has 0 aliphatic carbocycles. The van der Waals surface area contributed by atoms with Crippen LogP contribution in [-0.2, 0) is 27.4 Å². The van der Waals surface area contributed by atoms with E-state index >= 15 is 0 Å². The van der Waals surface area contributed by atoms with Crippen LogP contribution < -0.4 is 0 Å². The molecule has 0 spiro atoms. The van der Waals surface area contributed by atoms with Gasteiger partial charge in [-0.2, -0.15) is 0 Å². The quantitative estimate of drug-likeness (QED) is 0.534. The van der Waals surface area contributed by atoms with Crippen molar-refractivity contribution in [1.29, 1.82) is 0 Å². The predicted molar refractivity (Wildman–Crippen MR) is 108 cm³/mol. The van der Waals surface area contributed by atoms with Gasteiger partial charge in [0.1, 0.15) is 0 Å². The third-order valence-corrected chi connectivity index (χ3v) is 4.52. The van der Waals surface area contributed by atoms with Gasteiger partial charge in [0.15, 0.2) is 0 Å². The first-order valence-electron chi connectivity index (χ1n) is 9.69. The standard InChI is InChI=1S/C22H32N2O3/c1-4-27-22(25)11-7-12-23(14-15-26-3)18-21-10-6-13-24(21)17-20-9-5-8-19(2)16-20/h5-6,8-10,13,16H,4,7,11-12,14-15,17-18H2,1-3H3. The molecule has 5 nitrogen and oxygen atoms in total. The molecule has 0 aliphatic heterocycles. The summed E-state index contributed by atoms with van der Waals surface area (Å²) in [6.45, 7) is 8.47. The molecule has 148 valence electrons. The second kappa shape index (κ2) is 11.6. The summed E-state index contributed by atoms with van der Waals surface area (Å²) in [5.41, 5.74) is 3.85. The van der Waals surface area contributed by atoms with Gasteiger partial charge in [-0.3, -0.25) is 9.69 Å². The Morgan fingerprint density at radius 1 is 1.19 bits per heavy atom. The maximum absolute atomic E-state index is 11.6. The van der Waals surface area contributed by atoms with Crippen molar-refractivity contribution < 1.29 is 14.3 Å². The Bertz CT molecular complexity index is 696. The number of carbonyl (C=O) groups is 1. The summed E-state index contributed by atoms with van der Waals surface area (Å²) in [4.78, 5) is 13.9. The van der Waals surface area contributed by atoms with Gasteiger partial charge in [0.2, 0.25) is 0 Å². The summed E-state index contributed by atoms with van der Waals surface area (Å²) in [5.74, 6) is -0.119. The Morgan fingerprint density at radius 2 is 2.04 bits per heavy atom. The number of hydrogen-bond acceptors (Lipinski definition) is 4. The normalized spacial score (nSPS) is 11.1. The number of carbonyl (C=O) groups excluding carboxylic acids is 1. The van der Waals surface area contributed by atoms with Crippen LogP contribution in [0.1, 0.15) is 36.6 Å². The third-order valence-electron chi connectivity index (χ3n) is 4.52. The van der Waals surface area contributed by atoms with Crippen LogP contribution >= 0.6 is 0 Å². The molecule has 0 N–H and O–H groups in total. The molecule has 0 saturated carbocycles. The molecule has 0 atom stereocenters. The average Bonchev–Trinajstić information content (AvgIpc) is 3.06. The zero-order valence-electron chi connectivity index (χ0n) is 16.8. The Labute approximate surface area is 162 Å². The number of hydrogen-bond donors (Lipinski definition) is 0. The van der Waals surface area contributed by atoms with Gasteiger partial charge in [-0.1, -0.05) is 29.8 Å². The van der Waals surface area contributed by atoms with Gasteiger partial charge in [-0.05, 0) is 44.5 Å². The van der Waals surface area contributed by atoms with Crippen molar-refractivity contribution in [3.8, 4) is 0 Å². The summed E-state index contributed by atoms with van der Waals surface area (Å²) < 4.78 is 12.6. The molecule has 0 saturated heterocycles.